The van der Waals surface area contributed by atoms with Crippen LogP contribution in [-0.4, -0.2) is 43.1 Å². The molecule has 0 amide bonds. The first-order valence-electron chi connectivity index (χ1n) is 4.65. The van der Waals surface area contributed by atoms with Crippen LogP contribution in [0.5, 0.6) is 0 Å². The van der Waals surface area contributed by atoms with Crippen molar-refractivity contribution in [2.24, 2.45) is 0 Å². The predicted molar refractivity (Wildman–Crippen MR) is 65.1 cm³/mol. The molecule has 0 aliphatic rings. The topological polar surface area (TPSA) is 102 Å². The summed E-state index contributed by atoms with van der Waals surface area (Å²) >= 11 is 0. The van der Waals surface area contributed by atoms with E-state index in [1.807, 2.05) is 0 Å². The van der Waals surface area contributed by atoms with Gasteiger partial charge in [-0.15, -0.1) is 0 Å². The molecule has 0 radical (unpaired) electrons. The molecular formula is C8H16N2O5S2. The molecule has 0 rings (SSSR count). The number of nitrogens with one attached hydrogen (secondary N) is 2. The molecule has 0 heterocycles. The summed E-state index contributed by atoms with van der Waals surface area (Å²) in [5.74, 6) is 0. The monoisotopic (exact) mass is 284 g/mol. The highest BCUT2D eigenvalue weighted by molar-refractivity contribution is 7.92. The van der Waals surface area contributed by atoms with Crippen molar-refractivity contribution in [2.75, 3.05) is 26.3 Å². The SMILES string of the molecule is C=CS(=O)(=O)NCCOCCNS(=O)(=O)C=C. The van der Waals surface area contributed by atoms with E-state index in [0.29, 0.717) is 0 Å². The lowest BCUT2D eigenvalue weighted by Crippen LogP contribution is -2.28. The lowest BCUT2D eigenvalue weighted by atomic mass is 10.7. The van der Waals surface area contributed by atoms with Gasteiger partial charge in [0, 0.05) is 23.9 Å². The summed E-state index contributed by atoms with van der Waals surface area (Å²) in [6.45, 7) is 6.72. The Morgan fingerprint density at radius 3 is 1.53 bits per heavy atom. The molecule has 100 valence electrons. The fourth-order valence-corrected chi connectivity index (χ4v) is 1.70. The second kappa shape index (κ2) is 7.56. The van der Waals surface area contributed by atoms with Crippen molar-refractivity contribution >= 4 is 20.0 Å². The first kappa shape index (κ1) is 16.3. The van der Waals surface area contributed by atoms with Crippen molar-refractivity contribution in [3.8, 4) is 0 Å². The van der Waals surface area contributed by atoms with Crippen LogP contribution in [0.2, 0.25) is 0 Å². The molecule has 7 nitrogen and oxygen atoms in total. The van der Waals surface area contributed by atoms with Gasteiger partial charge in [-0.1, -0.05) is 13.2 Å². The lowest BCUT2D eigenvalue weighted by molar-refractivity contribution is 0.144. The zero-order valence-electron chi connectivity index (χ0n) is 9.26. The molecule has 0 aromatic heterocycles. The van der Waals surface area contributed by atoms with Crippen LogP contribution in [0.1, 0.15) is 0 Å². The maximum Gasteiger partial charge on any atom is 0.233 e. The standard InChI is InChI=1S/C8H16N2O5S2/c1-3-16(11,12)9-5-7-15-8-6-10-17(13,14)4-2/h3-4,9-10H,1-2,5-8H2. The van der Waals surface area contributed by atoms with Gasteiger partial charge in [-0.3, -0.25) is 0 Å². The van der Waals surface area contributed by atoms with E-state index in [2.05, 4.69) is 22.6 Å². The average molecular weight is 284 g/mol. The highest BCUT2D eigenvalue weighted by atomic mass is 32.2. The number of hydrogen-bond donors (Lipinski definition) is 2. The summed E-state index contributed by atoms with van der Waals surface area (Å²) in [5.41, 5.74) is 0. The molecule has 0 saturated heterocycles. The summed E-state index contributed by atoms with van der Waals surface area (Å²) in [4.78, 5) is 0. The van der Waals surface area contributed by atoms with Crippen molar-refractivity contribution in [1.29, 1.82) is 0 Å². The van der Waals surface area contributed by atoms with Gasteiger partial charge in [0.1, 0.15) is 0 Å². The molecule has 0 saturated carbocycles. The van der Waals surface area contributed by atoms with Crippen molar-refractivity contribution in [3.63, 3.8) is 0 Å². The van der Waals surface area contributed by atoms with E-state index in [0.717, 1.165) is 10.8 Å². The molecule has 0 fully saturated rings. The third-order valence-electron chi connectivity index (χ3n) is 1.54. The Balaban J connectivity index is 3.55. The molecule has 17 heavy (non-hydrogen) atoms. The van der Waals surface area contributed by atoms with Crippen LogP contribution in [0, 0.1) is 0 Å². The van der Waals surface area contributed by atoms with Crippen LogP contribution in [0.25, 0.3) is 0 Å². The van der Waals surface area contributed by atoms with Gasteiger partial charge < -0.3 is 4.74 Å². The average Bonchev–Trinajstić information content (AvgIpc) is 2.27. The Morgan fingerprint density at radius 1 is 0.882 bits per heavy atom. The summed E-state index contributed by atoms with van der Waals surface area (Å²) in [6.07, 6.45) is 0. The van der Waals surface area contributed by atoms with Gasteiger partial charge in [0.15, 0.2) is 0 Å². The normalized spacial score (nSPS) is 12.2. The molecule has 0 aliphatic heterocycles. The molecule has 9 heteroatoms. The van der Waals surface area contributed by atoms with E-state index >= 15 is 0 Å². The summed E-state index contributed by atoms with van der Waals surface area (Å²) < 4.78 is 52.9. The number of ether oxygens (including phenoxy) is 1. The third-order valence-corrected chi connectivity index (χ3v) is 3.63. The largest absolute Gasteiger partial charge is 0.379 e. The van der Waals surface area contributed by atoms with Crippen molar-refractivity contribution in [2.45, 2.75) is 0 Å². The molecular weight excluding hydrogens is 268 g/mol. The smallest absolute Gasteiger partial charge is 0.233 e. The summed E-state index contributed by atoms with van der Waals surface area (Å²) in [6, 6.07) is 0. The van der Waals surface area contributed by atoms with Gasteiger partial charge in [-0.2, -0.15) is 0 Å². The van der Waals surface area contributed by atoms with Crippen LogP contribution in [0.15, 0.2) is 24.0 Å². The first-order valence-corrected chi connectivity index (χ1v) is 7.74. The third kappa shape index (κ3) is 9.01. The minimum atomic E-state index is -3.43. The Bertz CT molecular complexity index is 399. The van der Waals surface area contributed by atoms with Crippen molar-refractivity contribution in [3.05, 3.63) is 24.0 Å². The maximum absolute atomic E-state index is 10.9. The van der Waals surface area contributed by atoms with Gasteiger partial charge in [-0.25, -0.2) is 26.3 Å². The maximum atomic E-state index is 10.9. The van der Waals surface area contributed by atoms with E-state index in [9.17, 15) is 16.8 Å². The predicted octanol–water partition coefficient (Wildman–Crippen LogP) is -0.871. The van der Waals surface area contributed by atoms with Crippen molar-refractivity contribution in [1.82, 2.24) is 9.44 Å². The van der Waals surface area contributed by atoms with Gasteiger partial charge in [0.05, 0.1) is 13.2 Å². The molecule has 0 aromatic carbocycles. The number of hydrogen-bond acceptors (Lipinski definition) is 5. The molecule has 0 atom stereocenters. The van der Waals surface area contributed by atoms with E-state index in [4.69, 9.17) is 4.74 Å². The van der Waals surface area contributed by atoms with Gasteiger partial charge in [-0.05, 0) is 0 Å². The van der Waals surface area contributed by atoms with Crippen LogP contribution >= 0.6 is 0 Å². The van der Waals surface area contributed by atoms with E-state index in [-0.39, 0.29) is 26.3 Å². The quantitative estimate of drug-likeness (QED) is 0.508. The molecule has 0 aromatic rings. The zero-order valence-corrected chi connectivity index (χ0v) is 10.9. The van der Waals surface area contributed by atoms with E-state index in [1.54, 1.807) is 0 Å². The Hall–Kier alpha value is -0.740. The van der Waals surface area contributed by atoms with Gasteiger partial charge in [0.25, 0.3) is 0 Å². The first-order chi connectivity index (χ1) is 7.83. The lowest BCUT2D eigenvalue weighted by Gasteiger charge is -2.05. The van der Waals surface area contributed by atoms with Gasteiger partial charge in [0.2, 0.25) is 20.0 Å². The van der Waals surface area contributed by atoms with Crippen LogP contribution in [0.3, 0.4) is 0 Å². The molecule has 0 bridgehead atoms. The number of sulfonamides is 2. The summed E-state index contributed by atoms with van der Waals surface area (Å²) in [7, 11) is -6.86. The molecule has 0 unspecified atom stereocenters. The van der Waals surface area contributed by atoms with Crippen molar-refractivity contribution < 1.29 is 21.6 Å². The highest BCUT2D eigenvalue weighted by Crippen LogP contribution is 1.84. The van der Waals surface area contributed by atoms with Gasteiger partial charge >= 0.3 is 0 Å². The molecule has 0 spiro atoms. The zero-order chi connectivity index (χ0) is 13.4. The fourth-order valence-electron chi connectivity index (χ4n) is 0.732. The Kier molecular flexibility index (Phi) is 7.23. The van der Waals surface area contributed by atoms with E-state index < -0.39 is 20.0 Å². The van der Waals surface area contributed by atoms with Crippen LogP contribution in [0.4, 0.5) is 0 Å². The Labute approximate surface area is 102 Å². The van der Waals surface area contributed by atoms with E-state index in [1.165, 1.54) is 0 Å². The van der Waals surface area contributed by atoms with Crippen LogP contribution < -0.4 is 9.44 Å². The van der Waals surface area contributed by atoms with Crippen LogP contribution in [-0.2, 0) is 24.8 Å². The second-order valence-corrected chi connectivity index (χ2v) is 6.25. The fraction of sp³-hybridized carbons (Fsp3) is 0.500. The minimum Gasteiger partial charge on any atom is -0.379 e. The summed E-state index contributed by atoms with van der Waals surface area (Å²) in [5, 5.41) is 1.59. The Morgan fingerprint density at radius 2 is 1.24 bits per heavy atom. The number of rotatable bonds is 10. The molecule has 2 N–H and O–H groups in total. The second-order valence-electron chi connectivity index (χ2n) is 2.82. The molecule has 0 aliphatic carbocycles. The minimum absolute atomic E-state index is 0.0998. The highest BCUT2D eigenvalue weighted by Gasteiger charge is 2.03.